The van der Waals surface area contributed by atoms with E-state index in [1.165, 1.54) is 5.69 Å². The van der Waals surface area contributed by atoms with Gasteiger partial charge in [0.05, 0.1) is 17.2 Å². The van der Waals surface area contributed by atoms with Crippen molar-refractivity contribution in [3.63, 3.8) is 0 Å². The second kappa shape index (κ2) is 5.70. The number of fused-ring (bicyclic) bond motifs is 2. The van der Waals surface area contributed by atoms with E-state index >= 15 is 0 Å². The van der Waals surface area contributed by atoms with E-state index in [2.05, 4.69) is 14.8 Å². The van der Waals surface area contributed by atoms with Crippen LogP contribution in [-0.4, -0.2) is 43.2 Å². The van der Waals surface area contributed by atoms with Gasteiger partial charge < -0.3 is 21.1 Å². The fraction of sp³-hybridized carbons (Fsp3) is 0.381. The topological polar surface area (TPSA) is 126 Å². The lowest BCUT2D eigenvalue weighted by Gasteiger charge is -2.67. The molecule has 2 bridgehead atoms. The predicted octanol–water partition coefficient (Wildman–Crippen LogP) is 2.69. The zero-order valence-electron chi connectivity index (χ0n) is 16.0. The second-order valence-electron chi connectivity index (χ2n) is 8.62. The maximum Gasteiger partial charge on any atom is 0.309 e. The molecule has 1 amide bonds. The molecule has 5 N–H and O–H groups in total. The molecule has 8 nitrogen and oxygen atoms in total. The number of H-pyrrole nitrogens is 1. The predicted molar refractivity (Wildman–Crippen MR) is 106 cm³/mol. The van der Waals surface area contributed by atoms with E-state index in [4.69, 9.17) is 0 Å². The van der Waals surface area contributed by atoms with E-state index in [0.717, 1.165) is 22.9 Å². The van der Waals surface area contributed by atoms with Crippen molar-refractivity contribution in [1.29, 1.82) is 0 Å². The van der Waals surface area contributed by atoms with Crippen LogP contribution in [0, 0.1) is 5.41 Å². The van der Waals surface area contributed by atoms with Crippen LogP contribution >= 0.6 is 0 Å². The summed E-state index contributed by atoms with van der Waals surface area (Å²) in [5.41, 5.74) is 3.21. The molecule has 3 heterocycles. The van der Waals surface area contributed by atoms with Gasteiger partial charge in [0.25, 0.3) is 5.91 Å². The molecule has 2 aromatic heterocycles. The highest BCUT2D eigenvalue weighted by Crippen LogP contribution is 2.71. The summed E-state index contributed by atoms with van der Waals surface area (Å²) in [4.78, 5) is 29.4. The normalized spacial score (nSPS) is 26.8. The average molecular weight is 393 g/mol. The maximum atomic E-state index is 13.0. The Morgan fingerprint density at radius 1 is 1.17 bits per heavy atom. The van der Waals surface area contributed by atoms with E-state index in [1.54, 1.807) is 0 Å². The Morgan fingerprint density at radius 3 is 2.66 bits per heavy atom. The molecule has 7 rings (SSSR count). The zero-order chi connectivity index (χ0) is 19.1. The molecular formula is C21H23N5O3. The summed E-state index contributed by atoms with van der Waals surface area (Å²) in [6, 6.07) is 9.79. The van der Waals surface area contributed by atoms with Crippen LogP contribution in [0.2, 0.25) is 0 Å². The van der Waals surface area contributed by atoms with Crippen molar-refractivity contribution < 1.29 is 14.7 Å². The van der Waals surface area contributed by atoms with Crippen LogP contribution in [0.4, 0.5) is 0 Å². The Labute approximate surface area is 167 Å². The van der Waals surface area contributed by atoms with Crippen LogP contribution < -0.4 is 6.15 Å². The number of carboxylic acid groups (broad SMARTS) is 1. The van der Waals surface area contributed by atoms with Crippen molar-refractivity contribution in [2.24, 2.45) is 5.41 Å². The van der Waals surface area contributed by atoms with Crippen molar-refractivity contribution in [2.45, 2.75) is 37.8 Å². The van der Waals surface area contributed by atoms with Gasteiger partial charge in [0.1, 0.15) is 5.69 Å². The summed E-state index contributed by atoms with van der Waals surface area (Å²) >= 11 is 0. The standard InChI is InChI=1S/C21H20N4O3.H3N/c26-18(16-7-13-3-1-2-4-15(13)23-16)24-6-5-17-14(9-24)8-22-25(17)21-10-20(11-21,12-21)19(27)28;/h1-4,7-8,23H,5-6,9-12H2,(H,27,28);1H3. The van der Waals surface area contributed by atoms with Crippen LogP contribution in [0.1, 0.15) is 41.0 Å². The third-order valence-electron chi connectivity index (χ3n) is 6.89. The second-order valence-corrected chi connectivity index (χ2v) is 8.62. The van der Waals surface area contributed by atoms with Gasteiger partial charge >= 0.3 is 5.97 Å². The minimum atomic E-state index is -0.675. The smallest absolute Gasteiger partial charge is 0.309 e. The lowest BCUT2D eigenvalue weighted by molar-refractivity contribution is -0.217. The van der Waals surface area contributed by atoms with Crippen LogP contribution in [0.25, 0.3) is 10.9 Å². The first-order valence-corrected chi connectivity index (χ1v) is 9.67. The molecule has 1 aliphatic heterocycles. The molecule has 3 saturated carbocycles. The zero-order valence-corrected chi connectivity index (χ0v) is 16.0. The molecule has 0 spiro atoms. The number of carboxylic acids is 1. The summed E-state index contributed by atoms with van der Waals surface area (Å²) in [5, 5.41) is 15.0. The van der Waals surface area contributed by atoms with Crippen LogP contribution in [0.5, 0.6) is 0 Å². The first-order chi connectivity index (χ1) is 13.5. The van der Waals surface area contributed by atoms with Gasteiger partial charge in [-0.05, 0) is 31.4 Å². The maximum absolute atomic E-state index is 13.0. The van der Waals surface area contributed by atoms with Crippen molar-refractivity contribution in [1.82, 2.24) is 25.8 Å². The largest absolute Gasteiger partial charge is 0.481 e. The highest BCUT2D eigenvalue weighted by atomic mass is 16.4. The van der Waals surface area contributed by atoms with Gasteiger partial charge in [-0.2, -0.15) is 5.10 Å². The first-order valence-electron chi connectivity index (χ1n) is 9.67. The molecule has 1 aromatic carbocycles. The number of rotatable bonds is 3. The summed E-state index contributed by atoms with van der Waals surface area (Å²) in [6.07, 6.45) is 4.65. The van der Waals surface area contributed by atoms with Crippen molar-refractivity contribution >= 4 is 22.8 Å². The Morgan fingerprint density at radius 2 is 1.93 bits per heavy atom. The van der Waals surface area contributed by atoms with Crippen molar-refractivity contribution in [2.75, 3.05) is 6.54 Å². The van der Waals surface area contributed by atoms with E-state index in [-0.39, 0.29) is 17.6 Å². The fourth-order valence-electron chi connectivity index (χ4n) is 5.46. The number of amides is 1. The molecule has 8 heteroatoms. The lowest BCUT2D eigenvalue weighted by atomic mass is 9.39. The third kappa shape index (κ3) is 2.26. The minimum Gasteiger partial charge on any atom is -0.481 e. The van der Waals surface area contributed by atoms with E-state index in [9.17, 15) is 14.7 Å². The number of nitrogens with zero attached hydrogens (tertiary/aromatic N) is 3. The SMILES string of the molecule is N.O=C(c1cc2ccccc2[nH]1)N1CCc2c(cnn2C23CC(C(=O)O)(C2)C3)C1. The van der Waals surface area contributed by atoms with E-state index in [0.29, 0.717) is 38.0 Å². The summed E-state index contributed by atoms with van der Waals surface area (Å²) in [6.45, 7) is 1.19. The van der Waals surface area contributed by atoms with Gasteiger partial charge in [0.15, 0.2) is 0 Å². The summed E-state index contributed by atoms with van der Waals surface area (Å²) in [5.74, 6) is -0.671. The van der Waals surface area contributed by atoms with Crippen molar-refractivity contribution in [3.8, 4) is 0 Å². The number of hydrogen-bond donors (Lipinski definition) is 3. The molecule has 0 radical (unpaired) electrons. The number of carbonyl (C=O) groups is 2. The van der Waals surface area contributed by atoms with Crippen molar-refractivity contribution in [3.05, 3.63) is 53.5 Å². The lowest BCUT2D eigenvalue weighted by Crippen LogP contribution is -2.71. The number of hydrogen-bond acceptors (Lipinski definition) is 4. The Hall–Kier alpha value is -3.13. The van der Waals surface area contributed by atoms with E-state index < -0.39 is 11.4 Å². The molecule has 29 heavy (non-hydrogen) atoms. The number of benzene rings is 1. The van der Waals surface area contributed by atoms with E-state index in [1.807, 2.05) is 41.4 Å². The average Bonchev–Trinajstić information content (AvgIpc) is 3.22. The van der Waals surface area contributed by atoms with Gasteiger partial charge in [-0.3, -0.25) is 14.3 Å². The Kier molecular flexibility index (Phi) is 3.52. The van der Waals surface area contributed by atoms with Gasteiger partial charge in [0.2, 0.25) is 0 Å². The molecule has 3 aliphatic carbocycles. The third-order valence-corrected chi connectivity index (χ3v) is 6.89. The highest BCUT2D eigenvalue weighted by molar-refractivity contribution is 5.98. The van der Waals surface area contributed by atoms with Crippen LogP contribution in [0.3, 0.4) is 0 Å². The van der Waals surface area contributed by atoms with Crippen LogP contribution in [0.15, 0.2) is 36.5 Å². The molecule has 3 aromatic rings. The number of aliphatic carboxylic acids is 1. The molecule has 0 atom stereocenters. The minimum absolute atomic E-state index is 0. The number of carbonyl (C=O) groups excluding carboxylic acids is 1. The Bertz CT molecular complexity index is 1110. The Balaban J connectivity index is 0.00000181. The van der Waals surface area contributed by atoms with Gasteiger partial charge in [-0.1, -0.05) is 18.2 Å². The molecule has 4 aliphatic rings. The van der Waals surface area contributed by atoms with Crippen LogP contribution in [-0.2, 0) is 23.3 Å². The first kappa shape index (κ1) is 17.9. The molecule has 0 saturated heterocycles. The van der Waals surface area contributed by atoms with Gasteiger partial charge in [-0.25, -0.2) is 0 Å². The summed E-state index contributed by atoms with van der Waals surface area (Å²) in [7, 11) is 0. The number of para-hydroxylation sites is 1. The van der Waals surface area contributed by atoms with Gasteiger partial charge in [-0.15, -0.1) is 0 Å². The summed E-state index contributed by atoms with van der Waals surface area (Å²) < 4.78 is 2.07. The number of aromatic amines is 1. The molecule has 3 fully saturated rings. The highest BCUT2D eigenvalue weighted by Gasteiger charge is 2.74. The molecular weight excluding hydrogens is 370 g/mol. The number of nitrogens with one attached hydrogen (secondary N) is 1. The quantitative estimate of drug-likeness (QED) is 0.631. The fourth-order valence-corrected chi connectivity index (χ4v) is 5.46. The number of aromatic nitrogens is 3. The molecule has 0 unspecified atom stereocenters. The monoisotopic (exact) mass is 393 g/mol. The van der Waals surface area contributed by atoms with Gasteiger partial charge in [0, 0.05) is 41.7 Å². The molecule has 150 valence electrons.